The van der Waals surface area contributed by atoms with E-state index in [0.29, 0.717) is 5.88 Å². The van der Waals surface area contributed by atoms with Crippen LogP contribution in [-0.4, -0.2) is 24.5 Å². The Morgan fingerprint density at radius 2 is 2.03 bits per heavy atom. The van der Waals surface area contributed by atoms with Crippen molar-refractivity contribution in [3.05, 3.63) is 76.5 Å². The van der Waals surface area contributed by atoms with Crippen LogP contribution in [0.15, 0.2) is 70.3 Å². The summed E-state index contributed by atoms with van der Waals surface area (Å²) in [6.07, 6.45) is 14.5. The molecule has 4 rings (SSSR count). The molecule has 5 heteroatoms. The first kappa shape index (κ1) is 19.3. The fraction of sp³-hybridized carbons (Fsp3) is 0.208. The third-order valence-corrected chi connectivity index (χ3v) is 5.88. The monoisotopic (exact) mass is 403 g/mol. The van der Waals surface area contributed by atoms with E-state index in [1.807, 2.05) is 60.7 Å². The number of nitrogens with zero attached hydrogens (tertiary/aromatic N) is 1. The van der Waals surface area contributed by atoms with E-state index in [1.165, 1.54) is 0 Å². The summed E-state index contributed by atoms with van der Waals surface area (Å²) in [7, 11) is 1.68. The molecule has 0 N–H and O–H groups in total. The highest BCUT2D eigenvalue weighted by molar-refractivity contribution is 8.03. The molecule has 0 saturated heterocycles. The molecule has 0 atom stereocenters. The Balaban J connectivity index is 1.31. The molecule has 2 aliphatic rings. The Labute approximate surface area is 174 Å². The number of ether oxygens (including phenoxy) is 2. The number of carbonyl (C=O) groups excluding carboxylic acids is 1. The van der Waals surface area contributed by atoms with Crippen LogP contribution in [-0.2, 0) is 4.79 Å². The molecule has 1 aromatic carbocycles. The number of methoxy groups -OCH3 is 1. The highest BCUT2D eigenvalue weighted by Crippen LogP contribution is 2.36. The summed E-state index contributed by atoms with van der Waals surface area (Å²) in [6.45, 7) is 0. The lowest BCUT2D eigenvalue weighted by molar-refractivity contribution is -0.116. The maximum Gasteiger partial charge on any atom is 0.213 e. The average Bonchev–Trinajstić information content (AvgIpc) is 2.73. The van der Waals surface area contributed by atoms with Crippen LogP contribution in [0.2, 0.25) is 0 Å². The number of aromatic nitrogens is 1. The molecule has 0 spiro atoms. The van der Waals surface area contributed by atoms with E-state index in [2.05, 4.69) is 10.7 Å². The molecule has 0 bridgehead atoms. The first-order valence-electron chi connectivity index (χ1n) is 9.49. The second-order valence-corrected chi connectivity index (χ2v) is 8.00. The minimum absolute atomic E-state index is 0.112. The number of hydrogen-bond donors (Lipinski definition) is 0. The van der Waals surface area contributed by atoms with Gasteiger partial charge < -0.3 is 14.3 Å². The molecular weight excluding hydrogens is 382 g/mol. The zero-order valence-corrected chi connectivity index (χ0v) is 16.9. The maximum absolute atomic E-state index is 10.6. The second kappa shape index (κ2) is 8.99. The van der Waals surface area contributed by atoms with Crippen LogP contribution >= 0.6 is 11.8 Å². The van der Waals surface area contributed by atoms with Gasteiger partial charge in [-0.15, -0.1) is 5.73 Å². The Kier molecular flexibility index (Phi) is 5.99. The SMILES string of the molecule is COc1ccc2c(c1)SC(/C=C/C=C/c1ccc(OC3CC(C=O)C3)nc1)=C=C2. The van der Waals surface area contributed by atoms with Crippen LogP contribution < -0.4 is 9.47 Å². The number of benzene rings is 1. The summed E-state index contributed by atoms with van der Waals surface area (Å²) in [4.78, 5) is 17.2. The van der Waals surface area contributed by atoms with Crippen LogP contribution in [0.25, 0.3) is 12.2 Å². The van der Waals surface area contributed by atoms with Crippen molar-refractivity contribution < 1.29 is 14.3 Å². The zero-order valence-electron chi connectivity index (χ0n) is 16.1. The van der Waals surface area contributed by atoms with Crippen molar-refractivity contribution in [2.24, 2.45) is 5.92 Å². The van der Waals surface area contributed by atoms with Gasteiger partial charge in [-0.1, -0.05) is 30.0 Å². The van der Waals surface area contributed by atoms with Crippen molar-refractivity contribution in [1.82, 2.24) is 4.98 Å². The topological polar surface area (TPSA) is 48.4 Å². The lowest BCUT2D eigenvalue weighted by atomic mass is 9.83. The van der Waals surface area contributed by atoms with Crippen LogP contribution in [0.5, 0.6) is 11.6 Å². The predicted molar refractivity (Wildman–Crippen MR) is 116 cm³/mol. The fourth-order valence-corrected chi connectivity index (χ4v) is 4.00. The molecule has 1 aliphatic carbocycles. The number of allylic oxidation sites excluding steroid dienone is 3. The summed E-state index contributed by atoms with van der Waals surface area (Å²) in [5.41, 5.74) is 5.45. The molecule has 1 aromatic heterocycles. The molecule has 1 saturated carbocycles. The van der Waals surface area contributed by atoms with Crippen molar-refractivity contribution in [2.75, 3.05) is 7.11 Å². The lowest BCUT2D eigenvalue weighted by Crippen LogP contribution is -2.34. The molecule has 2 heterocycles. The van der Waals surface area contributed by atoms with Gasteiger partial charge in [0, 0.05) is 23.1 Å². The van der Waals surface area contributed by atoms with Crippen LogP contribution in [0, 0.1) is 5.92 Å². The van der Waals surface area contributed by atoms with Crippen LogP contribution in [0.1, 0.15) is 24.0 Å². The molecule has 1 aliphatic heterocycles. The Morgan fingerprint density at radius 3 is 2.79 bits per heavy atom. The first-order chi connectivity index (χ1) is 14.2. The number of aldehydes is 1. The minimum Gasteiger partial charge on any atom is -0.497 e. The zero-order chi connectivity index (χ0) is 20.1. The fourth-order valence-electron chi connectivity index (χ4n) is 3.08. The van der Waals surface area contributed by atoms with Crippen LogP contribution in [0.3, 0.4) is 0 Å². The van der Waals surface area contributed by atoms with Gasteiger partial charge in [-0.2, -0.15) is 0 Å². The molecule has 0 amide bonds. The number of carbonyl (C=O) groups is 1. The normalized spacial score (nSPS) is 20.2. The van der Waals surface area contributed by atoms with Crippen LogP contribution in [0.4, 0.5) is 0 Å². The molecule has 0 radical (unpaired) electrons. The Bertz CT molecular complexity index is 1010. The summed E-state index contributed by atoms with van der Waals surface area (Å²) in [5.74, 6) is 1.61. The van der Waals surface area contributed by atoms with E-state index in [4.69, 9.17) is 9.47 Å². The van der Waals surface area contributed by atoms with Crippen molar-refractivity contribution in [1.29, 1.82) is 0 Å². The number of fused-ring (bicyclic) bond motifs is 1. The maximum atomic E-state index is 10.6. The van der Waals surface area contributed by atoms with Gasteiger partial charge in [-0.3, -0.25) is 0 Å². The largest absolute Gasteiger partial charge is 0.497 e. The van der Waals surface area contributed by atoms with E-state index in [-0.39, 0.29) is 12.0 Å². The average molecular weight is 404 g/mol. The summed E-state index contributed by atoms with van der Waals surface area (Å²) >= 11 is 1.67. The quantitative estimate of drug-likeness (QED) is 0.356. The third kappa shape index (κ3) is 4.89. The van der Waals surface area contributed by atoms with Gasteiger partial charge in [0.15, 0.2) is 0 Å². The number of thioether (sulfide) groups is 1. The van der Waals surface area contributed by atoms with E-state index in [0.717, 1.165) is 45.8 Å². The van der Waals surface area contributed by atoms with Gasteiger partial charge in [0.2, 0.25) is 5.88 Å². The number of hydrogen-bond acceptors (Lipinski definition) is 5. The molecule has 29 heavy (non-hydrogen) atoms. The van der Waals surface area contributed by atoms with Gasteiger partial charge in [0.25, 0.3) is 0 Å². The van der Waals surface area contributed by atoms with Gasteiger partial charge in [0.1, 0.15) is 18.1 Å². The predicted octanol–water partition coefficient (Wildman–Crippen LogP) is 5.32. The smallest absolute Gasteiger partial charge is 0.213 e. The van der Waals surface area contributed by atoms with E-state index in [9.17, 15) is 4.79 Å². The highest BCUT2D eigenvalue weighted by Gasteiger charge is 2.30. The Hall–Kier alpha value is -3.01. The van der Waals surface area contributed by atoms with E-state index < -0.39 is 0 Å². The van der Waals surface area contributed by atoms with Gasteiger partial charge in [-0.25, -0.2) is 4.98 Å². The number of rotatable bonds is 7. The van der Waals surface area contributed by atoms with E-state index >= 15 is 0 Å². The van der Waals surface area contributed by atoms with Gasteiger partial charge in [0.05, 0.1) is 12.0 Å². The van der Waals surface area contributed by atoms with Crippen molar-refractivity contribution in [2.45, 2.75) is 23.8 Å². The standard InChI is InChI=1S/C24H21NO3S/c1-27-20-9-7-19-8-10-22(29-23(19)14-20)5-3-2-4-17-6-11-24(25-15-17)28-21-12-18(13-21)16-26/h2-9,11,14-16,18,21H,12-13H2,1H3/b4-2+,5-3+. The number of pyridine rings is 1. The highest BCUT2D eigenvalue weighted by atomic mass is 32.2. The summed E-state index contributed by atoms with van der Waals surface area (Å²) in [6, 6.07) is 9.88. The molecule has 2 aromatic rings. The first-order valence-corrected chi connectivity index (χ1v) is 10.3. The second-order valence-electron chi connectivity index (χ2n) is 6.91. The molecule has 0 unspecified atom stereocenters. The molecule has 4 nitrogen and oxygen atoms in total. The lowest BCUT2D eigenvalue weighted by Gasteiger charge is -2.31. The minimum atomic E-state index is 0.112. The molecule has 1 fully saturated rings. The van der Waals surface area contributed by atoms with Crippen molar-refractivity contribution in [3.8, 4) is 11.6 Å². The van der Waals surface area contributed by atoms with E-state index in [1.54, 1.807) is 25.1 Å². The van der Waals surface area contributed by atoms with Gasteiger partial charge >= 0.3 is 0 Å². The van der Waals surface area contributed by atoms with Crippen molar-refractivity contribution >= 4 is 30.2 Å². The summed E-state index contributed by atoms with van der Waals surface area (Å²) < 4.78 is 11.0. The third-order valence-electron chi connectivity index (χ3n) is 4.83. The summed E-state index contributed by atoms with van der Waals surface area (Å²) in [5, 5.41) is 0. The molecular formula is C24H21NO3S. The van der Waals surface area contributed by atoms with Gasteiger partial charge in [-0.05, 0) is 60.4 Å². The van der Waals surface area contributed by atoms with Crippen molar-refractivity contribution in [3.63, 3.8) is 0 Å². The molecule has 146 valence electrons. The Morgan fingerprint density at radius 1 is 1.17 bits per heavy atom.